The number of piperazine rings is 1. The number of aliphatic carboxylic acids is 1. The molecule has 22 heteroatoms. The Morgan fingerprint density at radius 1 is 1.12 bits per heavy atom. The predicted octanol–water partition coefficient (Wildman–Crippen LogP) is -1.28. The molecule has 1 aliphatic rings. The summed E-state index contributed by atoms with van der Waals surface area (Å²) in [6.45, 7) is 6.90. The SMILES string of the molecule is CCCc1nn(C)c2c(=O)[nH]c(-c3cc(S(=O)(=O)N4CCN(C)CC4)ccc3OCC)nc12.NC(N)=NCCC[C@H](N)C(=O)O.O=S(=O)([O-])[O-]. The standard InChI is InChI=1S/C22H30N6O4S.C6H14N4O2.H2O4S/c1-5-7-17-19-20(27(4)25-17)22(29)24-21(23-19)16-14-15(8-9-18(16)32-6-2)33(30,31)28-12-10-26(3)11-13-28;7-4(5(11)12)2-1-3-10-6(8)9;1-5(2,3)4/h8-9,14H,5-7,10-13H2,1-4H3,(H,23,24,29);4H,1-3,7H2,(H,11,12)(H4,8,9,10);(H2,1,2,3,4)/p-2/t;4-;/m.0./s1. The molecule has 280 valence electrons. The predicted molar refractivity (Wildman–Crippen MR) is 182 cm³/mol. The zero-order valence-electron chi connectivity index (χ0n) is 28.2. The van der Waals surface area contributed by atoms with E-state index in [9.17, 15) is 18.0 Å². The Labute approximate surface area is 289 Å². The number of sulfonamides is 1. The fourth-order valence-electron chi connectivity index (χ4n) is 4.74. The highest BCUT2D eigenvalue weighted by Gasteiger charge is 2.29. The van der Waals surface area contributed by atoms with Crippen LogP contribution >= 0.6 is 0 Å². The lowest BCUT2D eigenvalue weighted by molar-refractivity contribution is -0.138. The van der Waals surface area contributed by atoms with E-state index in [0.717, 1.165) is 12.1 Å². The Morgan fingerprint density at radius 2 is 1.74 bits per heavy atom. The first-order chi connectivity index (χ1) is 23.3. The summed E-state index contributed by atoms with van der Waals surface area (Å²) in [5, 5.41) is 12.8. The third kappa shape index (κ3) is 12.6. The highest BCUT2D eigenvalue weighted by Crippen LogP contribution is 2.32. The summed E-state index contributed by atoms with van der Waals surface area (Å²) >= 11 is 0. The largest absolute Gasteiger partial charge is 0.759 e. The highest BCUT2D eigenvalue weighted by atomic mass is 32.3. The number of ether oxygens (including phenoxy) is 1. The van der Waals surface area contributed by atoms with Gasteiger partial charge < -0.3 is 46.0 Å². The highest BCUT2D eigenvalue weighted by molar-refractivity contribution is 7.89. The second-order valence-corrected chi connectivity index (χ2v) is 13.8. The van der Waals surface area contributed by atoms with Gasteiger partial charge >= 0.3 is 5.97 Å². The molecule has 2 aromatic heterocycles. The fraction of sp³-hybridized carbons (Fsp3) is 0.536. The number of H-pyrrole nitrogens is 1. The van der Waals surface area contributed by atoms with Crippen LogP contribution in [-0.2, 0) is 38.7 Å². The molecule has 0 saturated carbocycles. The van der Waals surface area contributed by atoms with E-state index in [2.05, 4.69) is 20.0 Å². The van der Waals surface area contributed by atoms with E-state index in [0.29, 0.717) is 80.9 Å². The molecule has 0 radical (unpaired) electrons. The van der Waals surface area contributed by atoms with Crippen LogP contribution in [0.3, 0.4) is 0 Å². The van der Waals surface area contributed by atoms with E-state index in [1.165, 1.54) is 8.99 Å². The number of carboxylic acid groups (broad SMARTS) is 1. The molecular weight excluding hydrogens is 701 g/mol. The zero-order valence-corrected chi connectivity index (χ0v) is 29.9. The van der Waals surface area contributed by atoms with Gasteiger partial charge in [-0.25, -0.2) is 13.4 Å². The van der Waals surface area contributed by atoms with Gasteiger partial charge in [-0.1, -0.05) is 13.3 Å². The summed E-state index contributed by atoms with van der Waals surface area (Å²) in [4.78, 5) is 36.6. The third-order valence-electron chi connectivity index (χ3n) is 7.14. The summed E-state index contributed by atoms with van der Waals surface area (Å²) in [6.07, 6.45) is 2.50. The molecule has 0 amide bonds. The van der Waals surface area contributed by atoms with Crippen LogP contribution in [0.2, 0.25) is 0 Å². The number of carbonyl (C=O) groups is 1. The van der Waals surface area contributed by atoms with Crippen molar-refractivity contribution in [1.29, 1.82) is 0 Å². The van der Waals surface area contributed by atoms with E-state index in [-0.39, 0.29) is 22.2 Å². The van der Waals surface area contributed by atoms with Gasteiger partial charge in [0.05, 0.1) is 22.8 Å². The van der Waals surface area contributed by atoms with Crippen LogP contribution < -0.4 is 27.5 Å². The average Bonchev–Trinajstić information content (AvgIpc) is 3.34. The number of nitrogens with two attached hydrogens (primary N) is 3. The normalized spacial score (nSPS) is 14.5. The second-order valence-electron chi connectivity index (χ2n) is 11.0. The number of nitrogens with zero attached hydrogens (tertiary/aromatic N) is 6. The van der Waals surface area contributed by atoms with Crippen LogP contribution in [0.4, 0.5) is 0 Å². The molecule has 8 N–H and O–H groups in total. The Kier molecular flexibility index (Phi) is 15.7. The van der Waals surface area contributed by atoms with Crippen molar-refractivity contribution in [2.75, 3.05) is 46.4 Å². The van der Waals surface area contributed by atoms with Crippen molar-refractivity contribution in [3.05, 3.63) is 34.2 Å². The van der Waals surface area contributed by atoms with Crippen LogP contribution in [0.25, 0.3) is 22.4 Å². The molecular formula is C28H44N10O10S2-2. The molecule has 1 atom stereocenters. The van der Waals surface area contributed by atoms with Gasteiger partial charge in [0.15, 0.2) is 11.5 Å². The van der Waals surface area contributed by atoms with Crippen molar-refractivity contribution >= 4 is 43.4 Å². The summed E-state index contributed by atoms with van der Waals surface area (Å²) in [6, 6.07) is 3.89. The molecule has 4 rings (SSSR count). The summed E-state index contributed by atoms with van der Waals surface area (Å²) in [5.41, 5.74) is 17.1. The molecule has 1 aliphatic heterocycles. The van der Waals surface area contributed by atoms with Crippen LogP contribution in [-0.4, -0.2) is 124 Å². The molecule has 1 aromatic carbocycles. The Bertz CT molecular complexity index is 1890. The van der Waals surface area contributed by atoms with Crippen molar-refractivity contribution in [3.8, 4) is 17.1 Å². The number of benzene rings is 1. The summed E-state index contributed by atoms with van der Waals surface area (Å²) in [7, 11) is -5.17. The minimum atomic E-state index is -5.17. The summed E-state index contributed by atoms with van der Waals surface area (Å²) in [5.74, 6) is -0.270. The number of carboxylic acids is 1. The van der Waals surface area contributed by atoms with E-state index in [1.807, 2.05) is 20.9 Å². The molecule has 1 fully saturated rings. The maximum atomic E-state index is 13.3. The Morgan fingerprint density at radius 3 is 2.28 bits per heavy atom. The number of hydrogen-bond donors (Lipinski definition) is 5. The molecule has 3 heterocycles. The number of guanidine groups is 1. The number of aromatic nitrogens is 4. The molecule has 0 aliphatic carbocycles. The number of likely N-dealkylation sites (N-methyl/N-ethyl adjacent to an activating group) is 1. The fourth-order valence-corrected chi connectivity index (χ4v) is 6.18. The topological polar surface area (TPSA) is 321 Å². The summed E-state index contributed by atoms with van der Waals surface area (Å²) < 4.78 is 69.5. The van der Waals surface area contributed by atoms with Gasteiger partial charge in [-0.2, -0.15) is 9.40 Å². The molecule has 0 spiro atoms. The van der Waals surface area contributed by atoms with Crippen LogP contribution in [0.5, 0.6) is 5.75 Å². The molecule has 0 unspecified atom stereocenters. The first-order valence-electron chi connectivity index (χ1n) is 15.4. The second kappa shape index (κ2) is 18.7. The van der Waals surface area contributed by atoms with Crippen molar-refractivity contribution < 1.29 is 40.6 Å². The molecule has 1 saturated heterocycles. The molecule has 50 heavy (non-hydrogen) atoms. The number of aromatic amines is 1. The smallest absolute Gasteiger partial charge is 0.320 e. The van der Waals surface area contributed by atoms with Gasteiger partial charge in [-0.15, -0.1) is 0 Å². The van der Waals surface area contributed by atoms with Crippen molar-refractivity contribution in [2.45, 2.75) is 50.5 Å². The van der Waals surface area contributed by atoms with Crippen molar-refractivity contribution in [1.82, 2.24) is 29.0 Å². The zero-order chi connectivity index (χ0) is 37.8. The number of fused-ring (bicyclic) bond motifs is 1. The Hall–Kier alpha value is -4.19. The molecule has 0 bridgehead atoms. The van der Waals surface area contributed by atoms with Gasteiger partial charge in [0.2, 0.25) is 10.0 Å². The number of nitrogens with one attached hydrogen (secondary N) is 1. The number of hydrogen-bond acceptors (Lipinski definition) is 14. The van der Waals surface area contributed by atoms with Crippen molar-refractivity contribution in [3.63, 3.8) is 0 Å². The maximum absolute atomic E-state index is 13.3. The molecule has 20 nitrogen and oxygen atoms in total. The Balaban J connectivity index is 0.000000424. The van der Waals surface area contributed by atoms with Crippen LogP contribution in [0.15, 0.2) is 32.9 Å². The van der Waals surface area contributed by atoms with Crippen molar-refractivity contribution in [2.24, 2.45) is 29.2 Å². The lowest BCUT2D eigenvalue weighted by Gasteiger charge is -2.31. The van der Waals surface area contributed by atoms with Gasteiger partial charge in [0.1, 0.15) is 23.1 Å². The first-order valence-corrected chi connectivity index (χ1v) is 18.2. The first kappa shape index (κ1) is 42.0. The lowest BCUT2D eigenvalue weighted by atomic mass is 10.1. The van der Waals surface area contributed by atoms with E-state index >= 15 is 0 Å². The quantitative estimate of drug-likeness (QED) is 0.0474. The van der Waals surface area contributed by atoms with E-state index < -0.39 is 32.4 Å². The van der Waals surface area contributed by atoms with Crippen LogP contribution in [0.1, 0.15) is 38.8 Å². The maximum Gasteiger partial charge on any atom is 0.320 e. The van der Waals surface area contributed by atoms with E-state index in [1.54, 1.807) is 25.2 Å². The minimum Gasteiger partial charge on any atom is -0.759 e. The average molecular weight is 745 g/mol. The van der Waals surface area contributed by atoms with Gasteiger partial charge in [-0.05, 0) is 51.4 Å². The number of aliphatic imine (C=N–C) groups is 1. The number of rotatable bonds is 12. The van der Waals surface area contributed by atoms with Gasteiger partial charge in [0.25, 0.3) is 5.56 Å². The van der Waals surface area contributed by atoms with Gasteiger partial charge in [0, 0.05) is 50.2 Å². The number of aryl methyl sites for hydroxylation is 2. The third-order valence-corrected chi connectivity index (χ3v) is 9.03. The lowest BCUT2D eigenvalue weighted by Crippen LogP contribution is -2.47. The monoisotopic (exact) mass is 744 g/mol. The van der Waals surface area contributed by atoms with Gasteiger partial charge in [-0.3, -0.25) is 27.7 Å². The molecule has 3 aromatic rings. The van der Waals surface area contributed by atoms with Crippen LogP contribution in [0, 0.1) is 0 Å². The minimum absolute atomic E-state index is 0.0129. The van der Waals surface area contributed by atoms with E-state index in [4.69, 9.17) is 49.6 Å².